The number of nitrogens with zero attached hydrogens (tertiary/aromatic N) is 5. The molecule has 0 atom stereocenters. The molecule has 0 aliphatic heterocycles. The van der Waals surface area contributed by atoms with Crippen molar-refractivity contribution >= 4 is 22.6 Å². The van der Waals surface area contributed by atoms with Crippen LogP contribution in [0, 0.1) is 11.3 Å². The normalized spacial score (nSPS) is 11.6. The van der Waals surface area contributed by atoms with Crippen LogP contribution in [0.4, 0.5) is 13.2 Å². The van der Waals surface area contributed by atoms with Gasteiger partial charge in [0.15, 0.2) is 5.65 Å². The molecule has 0 fully saturated rings. The summed E-state index contributed by atoms with van der Waals surface area (Å²) >= 11 is 5.79. The van der Waals surface area contributed by atoms with Crippen molar-refractivity contribution in [1.82, 2.24) is 19.5 Å². The van der Waals surface area contributed by atoms with Crippen LogP contribution in [0.25, 0.3) is 16.9 Å². The van der Waals surface area contributed by atoms with Crippen LogP contribution in [0.2, 0.25) is 5.15 Å². The van der Waals surface area contributed by atoms with Crippen molar-refractivity contribution in [2.75, 3.05) is 0 Å². The highest BCUT2D eigenvalue weighted by molar-refractivity contribution is 6.34. The molecule has 0 saturated heterocycles. The van der Waals surface area contributed by atoms with Gasteiger partial charge >= 0.3 is 6.18 Å². The summed E-state index contributed by atoms with van der Waals surface area (Å²) in [7, 11) is 0. The maximum Gasteiger partial charge on any atom is 0.418 e. The lowest BCUT2D eigenvalue weighted by molar-refractivity contribution is -0.136. The lowest BCUT2D eigenvalue weighted by atomic mass is 10.2. The highest BCUT2D eigenvalue weighted by atomic mass is 35.5. The van der Waals surface area contributed by atoms with Crippen molar-refractivity contribution in [3.05, 3.63) is 47.1 Å². The Labute approximate surface area is 126 Å². The zero-order chi connectivity index (χ0) is 15.9. The summed E-state index contributed by atoms with van der Waals surface area (Å²) in [5.74, 6) is 0.134. The van der Waals surface area contributed by atoms with E-state index in [1.807, 2.05) is 6.07 Å². The minimum absolute atomic E-state index is 0.0325. The van der Waals surface area contributed by atoms with E-state index in [1.54, 1.807) is 0 Å². The van der Waals surface area contributed by atoms with E-state index in [0.29, 0.717) is 0 Å². The first kappa shape index (κ1) is 14.3. The molecule has 9 heteroatoms. The van der Waals surface area contributed by atoms with Gasteiger partial charge in [0.05, 0.1) is 22.6 Å². The first-order chi connectivity index (χ1) is 10.4. The smallest absolute Gasteiger partial charge is 0.285 e. The molecule has 0 amide bonds. The van der Waals surface area contributed by atoms with Gasteiger partial charge in [-0.1, -0.05) is 11.6 Å². The molecule has 3 heterocycles. The van der Waals surface area contributed by atoms with E-state index in [4.69, 9.17) is 16.9 Å². The fourth-order valence-corrected chi connectivity index (χ4v) is 2.26. The van der Waals surface area contributed by atoms with E-state index in [9.17, 15) is 13.2 Å². The third-order valence-corrected chi connectivity index (χ3v) is 3.25. The summed E-state index contributed by atoms with van der Waals surface area (Å²) in [6, 6.07) is 4.70. The molecule has 0 bridgehead atoms. The van der Waals surface area contributed by atoms with Gasteiger partial charge < -0.3 is 0 Å². The Hall–Kier alpha value is -2.66. The lowest BCUT2D eigenvalue weighted by Crippen LogP contribution is -2.04. The van der Waals surface area contributed by atoms with Crippen LogP contribution in [0.15, 0.2) is 30.9 Å². The van der Waals surface area contributed by atoms with Gasteiger partial charge in [-0.15, -0.1) is 0 Å². The van der Waals surface area contributed by atoms with E-state index in [-0.39, 0.29) is 27.6 Å². The second-order valence-electron chi connectivity index (χ2n) is 4.29. The Morgan fingerprint density at radius 2 is 2.00 bits per heavy atom. The van der Waals surface area contributed by atoms with Gasteiger partial charge in [0.1, 0.15) is 17.3 Å². The van der Waals surface area contributed by atoms with E-state index < -0.39 is 11.7 Å². The fraction of sp³-hybridized carbons (Fsp3) is 0.0769. The number of alkyl halides is 3. The summed E-state index contributed by atoms with van der Waals surface area (Å²) in [4.78, 5) is 11.4. The molecule has 5 nitrogen and oxygen atoms in total. The Kier molecular flexibility index (Phi) is 3.22. The highest BCUT2D eigenvalue weighted by Crippen LogP contribution is 2.38. The van der Waals surface area contributed by atoms with Gasteiger partial charge in [-0.25, -0.2) is 15.0 Å². The van der Waals surface area contributed by atoms with Crippen molar-refractivity contribution in [3.63, 3.8) is 0 Å². The minimum Gasteiger partial charge on any atom is -0.285 e. The van der Waals surface area contributed by atoms with Gasteiger partial charge in [-0.05, 0) is 12.1 Å². The third kappa shape index (κ3) is 2.25. The largest absolute Gasteiger partial charge is 0.418 e. The van der Waals surface area contributed by atoms with Crippen molar-refractivity contribution in [2.24, 2.45) is 0 Å². The number of hydrogen-bond acceptors (Lipinski definition) is 4. The summed E-state index contributed by atoms with van der Waals surface area (Å²) < 4.78 is 40.6. The topological polar surface area (TPSA) is 67.4 Å². The van der Waals surface area contributed by atoms with Gasteiger partial charge in [0.2, 0.25) is 0 Å². The number of nitriles is 1. The number of rotatable bonds is 1. The van der Waals surface area contributed by atoms with Crippen LogP contribution in [-0.4, -0.2) is 19.5 Å². The van der Waals surface area contributed by atoms with Gasteiger partial charge in [0, 0.05) is 12.4 Å². The van der Waals surface area contributed by atoms with E-state index in [1.165, 1.54) is 18.3 Å². The highest BCUT2D eigenvalue weighted by Gasteiger charge is 2.36. The molecule has 0 aromatic carbocycles. The number of aromatic nitrogens is 4. The summed E-state index contributed by atoms with van der Waals surface area (Å²) in [6.07, 6.45) is -1.38. The average Bonchev–Trinajstić information content (AvgIpc) is 2.88. The van der Waals surface area contributed by atoms with E-state index >= 15 is 0 Å². The van der Waals surface area contributed by atoms with E-state index in [0.717, 1.165) is 17.1 Å². The molecule has 110 valence electrons. The molecule has 0 saturated carbocycles. The molecule has 22 heavy (non-hydrogen) atoms. The Bertz CT molecular complexity index is 910. The van der Waals surface area contributed by atoms with Crippen LogP contribution in [0.1, 0.15) is 11.1 Å². The minimum atomic E-state index is -4.62. The van der Waals surface area contributed by atoms with Gasteiger partial charge in [-0.3, -0.25) is 4.57 Å². The quantitative estimate of drug-likeness (QED) is 0.644. The Morgan fingerprint density at radius 3 is 2.68 bits per heavy atom. The summed E-state index contributed by atoms with van der Waals surface area (Å²) in [6.45, 7) is 0. The maximum absolute atomic E-state index is 13.2. The molecule has 0 radical (unpaired) electrons. The lowest BCUT2D eigenvalue weighted by Gasteiger charge is -2.03. The Balaban J connectivity index is 2.36. The van der Waals surface area contributed by atoms with Crippen molar-refractivity contribution in [1.29, 1.82) is 5.26 Å². The maximum atomic E-state index is 13.2. The molecule has 0 aliphatic carbocycles. The Morgan fingerprint density at radius 1 is 1.23 bits per heavy atom. The molecule has 0 N–H and O–H groups in total. The molecule has 0 aliphatic rings. The van der Waals surface area contributed by atoms with E-state index in [2.05, 4.69) is 15.0 Å². The summed E-state index contributed by atoms with van der Waals surface area (Å²) in [5, 5.41) is 8.28. The predicted octanol–water partition coefficient (Wildman–Crippen LogP) is 3.36. The molecule has 3 aromatic heterocycles. The molecule has 0 spiro atoms. The molecule has 3 aromatic rings. The number of pyridine rings is 1. The molecular weight excluding hydrogens is 319 g/mol. The summed E-state index contributed by atoms with van der Waals surface area (Å²) in [5.41, 5.74) is -0.729. The van der Waals surface area contributed by atoms with Gasteiger partial charge in [0.25, 0.3) is 0 Å². The molecular formula is C13H5ClF3N5. The second-order valence-corrected chi connectivity index (χ2v) is 4.65. The predicted molar refractivity (Wildman–Crippen MR) is 71.4 cm³/mol. The standard InChI is InChI=1S/C13H5ClF3N5/c14-11-10-8(13(15,16)17)5-22(12(10)21-6-20-11)9-3-7(4-18)1-2-19-9/h1-3,5-6H. The van der Waals surface area contributed by atoms with Crippen LogP contribution in [0.3, 0.4) is 0 Å². The first-order valence-corrected chi connectivity index (χ1v) is 6.25. The molecule has 3 rings (SSSR count). The monoisotopic (exact) mass is 323 g/mol. The average molecular weight is 324 g/mol. The third-order valence-electron chi connectivity index (χ3n) is 2.96. The number of halogens is 4. The van der Waals surface area contributed by atoms with Crippen LogP contribution in [-0.2, 0) is 6.18 Å². The second kappa shape index (κ2) is 4.96. The zero-order valence-electron chi connectivity index (χ0n) is 10.6. The first-order valence-electron chi connectivity index (χ1n) is 5.87. The van der Waals surface area contributed by atoms with Crippen LogP contribution in [0.5, 0.6) is 0 Å². The van der Waals surface area contributed by atoms with Crippen molar-refractivity contribution in [3.8, 4) is 11.9 Å². The van der Waals surface area contributed by atoms with Crippen LogP contribution >= 0.6 is 11.6 Å². The fourth-order valence-electron chi connectivity index (χ4n) is 2.03. The SMILES string of the molecule is N#Cc1ccnc(-n2cc(C(F)(F)F)c3c(Cl)ncnc32)c1. The van der Waals surface area contributed by atoms with Crippen LogP contribution < -0.4 is 0 Å². The van der Waals surface area contributed by atoms with Crippen molar-refractivity contribution < 1.29 is 13.2 Å². The number of fused-ring (bicyclic) bond motifs is 1. The van der Waals surface area contributed by atoms with Crippen molar-refractivity contribution in [2.45, 2.75) is 6.18 Å². The van der Waals surface area contributed by atoms with Gasteiger partial charge in [-0.2, -0.15) is 18.4 Å². The molecule has 0 unspecified atom stereocenters. The zero-order valence-corrected chi connectivity index (χ0v) is 11.4. The number of hydrogen-bond donors (Lipinski definition) is 0.